The van der Waals surface area contributed by atoms with Gasteiger partial charge in [0, 0.05) is 12.1 Å². The van der Waals surface area contributed by atoms with E-state index in [1.165, 1.54) is 72.5 Å². The number of rotatable bonds is 11. The topological polar surface area (TPSA) is 96.0 Å². The van der Waals surface area contributed by atoms with Crippen LogP contribution in [0.5, 0.6) is 5.75 Å². The number of sulfonamides is 1. The van der Waals surface area contributed by atoms with Crippen LogP contribution in [0.4, 0.5) is 14.5 Å². The van der Waals surface area contributed by atoms with Crippen molar-refractivity contribution in [2.24, 2.45) is 0 Å². The van der Waals surface area contributed by atoms with Crippen molar-refractivity contribution in [3.05, 3.63) is 90.0 Å². The lowest BCUT2D eigenvalue weighted by atomic mass is 10.1. The van der Waals surface area contributed by atoms with Gasteiger partial charge < -0.3 is 15.0 Å². The van der Waals surface area contributed by atoms with Crippen molar-refractivity contribution in [2.45, 2.75) is 57.6 Å². The van der Waals surface area contributed by atoms with Crippen LogP contribution in [0, 0.1) is 11.6 Å². The minimum absolute atomic E-state index is 0.0576. The minimum Gasteiger partial charge on any atom is -0.494 e. The first kappa shape index (κ1) is 31.5. The third-order valence-electron chi connectivity index (χ3n) is 6.05. The molecule has 1 atom stereocenters. The Labute approximate surface area is 240 Å². The maximum absolute atomic E-state index is 13.9. The summed E-state index contributed by atoms with van der Waals surface area (Å²) in [5.74, 6) is -1.71. The highest BCUT2D eigenvalue weighted by Gasteiger charge is 2.33. The lowest BCUT2D eigenvalue weighted by molar-refractivity contribution is -0.140. The van der Waals surface area contributed by atoms with Gasteiger partial charge in [0.1, 0.15) is 30.0 Å². The number of amides is 2. The predicted octanol–water partition coefficient (Wildman–Crippen LogP) is 4.89. The zero-order chi connectivity index (χ0) is 30.4. The molecule has 3 aromatic carbocycles. The molecule has 0 radical (unpaired) electrons. The molecule has 41 heavy (non-hydrogen) atoms. The largest absolute Gasteiger partial charge is 0.494 e. The Bertz CT molecular complexity index is 1440. The third-order valence-corrected chi connectivity index (χ3v) is 7.84. The molecule has 0 aromatic heterocycles. The molecule has 3 rings (SSSR count). The molecule has 0 bridgehead atoms. The molecular formula is C30H35F2N3O5S. The van der Waals surface area contributed by atoms with E-state index in [-0.39, 0.29) is 17.1 Å². The highest BCUT2D eigenvalue weighted by Crippen LogP contribution is 2.26. The van der Waals surface area contributed by atoms with Crippen molar-refractivity contribution in [2.75, 3.05) is 17.5 Å². The summed E-state index contributed by atoms with van der Waals surface area (Å²) in [5, 5.41) is 2.83. The van der Waals surface area contributed by atoms with Gasteiger partial charge in [0.2, 0.25) is 11.8 Å². The van der Waals surface area contributed by atoms with Gasteiger partial charge in [-0.15, -0.1) is 0 Å². The summed E-state index contributed by atoms with van der Waals surface area (Å²) in [5.41, 5.74) is 0.00704. The van der Waals surface area contributed by atoms with Crippen molar-refractivity contribution < 1.29 is 31.5 Å². The number of nitrogens with zero attached hydrogens (tertiary/aromatic N) is 2. The molecule has 3 aromatic rings. The minimum atomic E-state index is -4.32. The Morgan fingerprint density at radius 2 is 1.44 bits per heavy atom. The quantitative estimate of drug-likeness (QED) is 0.345. The van der Waals surface area contributed by atoms with E-state index in [1.807, 2.05) is 0 Å². The van der Waals surface area contributed by atoms with Gasteiger partial charge in [-0.25, -0.2) is 17.2 Å². The number of hydrogen-bond acceptors (Lipinski definition) is 5. The summed E-state index contributed by atoms with van der Waals surface area (Å²) >= 11 is 0. The first-order valence-electron chi connectivity index (χ1n) is 13.1. The maximum Gasteiger partial charge on any atom is 0.264 e. The van der Waals surface area contributed by atoms with Crippen LogP contribution in [0.3, 0.4) is 0 Å². The van der Waals surface area contributed by atoms with Gasteiger partial charge in [-0.05, 0) is 101 Å². The van der Waals surface area contributed by atoms with Crippen LogP contribution in [0.25, 0.3) is 0 Å². The summed E-state index contributed by atoms with van der Waals surface area (Å²) < 4.78 is 61.2. The van der Waals surface area contributed by atoms with Crippen LogP contribution in [0.1, 0.15) is 40.2 Å². The van der Waals surface area contributed by atoms with Crippen LogP contribution in [0.2, 0.25) is 0 Å². The summed E-state index contributed by atoms with van der Waals surface area (Å²) in [4.78, 5) is 28.1. The SMILES string of the molecule is CCOc1ccc(S(=O)(=O)N(CC(=O)N(Cc2ccc(F)cc2)[C@@H](C)C(=O)NC(C)(C)C)c2ccc(F)cc2)cc1. The van der Waals surface area contributed by atoms with Gasteiger partial charge in [-0.1, -0.05) is 12.1 Å². The first-order valence-corrected chi connectivity index (χ1v) is 14.5. The molecule has 0 unspecified atom stereocenters. The van der Waals surface area contributed by atoms with Gasteiger partial charge in [-0.3, -0.25) is 13.9 Å². The van der Waals surface area contributed by atoms with Crippen molar-refractivity contribution in [1.29, 1.82) is 0 Å². The number of carbonyl (C=O) groups excluding carboxylic acids is 2. The van der Waals surface area contributed by atoms with Crippen LogP contribution < -0.4 is 14.4 Å². The molecule has 0 fully saturated rings. The van der Waals surface area contributed by atoms with Gasteiger partial charge in [0.15, 0.2) is 0 Å². The van der Waals surface area contributed by atoms with E-state index in [4.69, 9.17) is 4.74 Å². The van der Waals surface area contributed by atoms with Gasteiger partial charge in [0.25, 0.3) is 10.0 Å². The van der Waals surface area contributed by atoms with Gasteiger partial charge >= 0.3 is 0 Å². The number of halogens is 2. The first-order chi connectivity index (χ1) is 19.2. The Morgan fingerprint density at radius 3 is 1.95 bits per heavy atom. The van der Waals surface area contributed by atoms with Gasteiger partial charge in [0.05, 0.1) is 17.2 Å². The number of anilines is 1. The number of benzene rings is 3. The number of ether oxygens (including phenoxy) is 1. The zero-order valence-electron chi connectivity index (χ0n) is 23.7. The predicted molar refractivity (Wildman–Crippen MR) is 153 cm³/mol. The van der Waals surface area contributed by atoms with Crippen molar-refractivity contribution >= 4 is 27.5 Å². The summed E-state index contributed by atoms with van der Waals surface area (Å²) in [6, 6.07) is 14.9. The van der Waals surface area contributed by atoms with Crippen LogP contribution in [-0.2, 0) is 26.2 Å². The summed E-state index contributed by atoms with van der Waals surface area (Å²) in [7, 11) is -4.32. The number of carbonyl (C=O) groups is 2. The molecule has 0 spiro atoms. The smallest absolute Gasteiger partial charge is 0.264 e. The van der Waals surface area contributed by atoms with E-state index in [0.29, 0.717) is 17.9 Å². The second-order valence-corrected chi connectivity index (χ2v) is 12.3. The molecule has 11 heteroatoms. The molecule has 0 aliphatic heterocycles. The Balaban J connectivity index is 2.02. The van der Waals surface area contributed by atoms with Crippen molar-refractivity contribution in [3.63, 3.8) is 0 Å². The second kappa shape index (κ2) is 13.1. The van der Waals surface area contributed by atoms with Crippen molar-refractivity contribution in [1.82, 2.24) is 10.2 Å². The molecular weight excluding hydrogens is 552 g/mol. The molecule has 8 nitrogen and oxygen atoms in total. The average molecular weight is 588 g/mol. The lowest BCUT2D eigenvalue weighted by Crippen LogP contribution is -2.54. The molecule has 0 heterocycles. The normalized spacial score (nSPS) is 12.4. The Hall–Kier alpha value is -3.99. The third kappa shape index (κ3) is 8.50. The Morgan fingerprint density at radius 1 is 0.902 bits per heavy atom. The highest BCUT2D eigenvalue weighted by atomic mass is 32.2. The molecule has 0 saturated carbocycles. The summed E-state index contributed by atoms with van der Waals surface area (Å²) in [6.07, 6.45) is 0. The monoisotopic (exact) mass is 587 g/mol. The molecule has 2 amide bonds. The fourth-order valence-electron chi connectivity index (χ4n) is 3.98. The fourth-order valence-corrected chi connectivity index (χ4v) is 5.40. The van der Waals surface area contributed by atoms with E-state index in [0.717, 1.165) is 16.4 Å². The standard InChI is InChI=1S/C30H35F2N3O5S/c1-6-40-26-15-17-27(18-16-26)41(38,39)35(25-13-11-24(32)12-14-25)20-28(36)34(19-22-7-9-23(31)10-8-22)21(2)29(37)33-30(3,4)5/h7-18,21H,6,19-20H2,1-5H3,(H,33,37)/t21-/m0/s1. The van der Waals surface area contributed by atoms with E-state index >= 15 is 0 Å². The molecule has 220 valence electrons. The van der Waals surface area contributed by atoms with Crippen LogP contribution in [-0.4, -0.2) is 49.9 Å². The van der Waals surface area contributed by atoms with Gasteiger partial charge in [-0.2, -0.15) is 0 Å². The van der Waals surface area contributed by atoms with Crippen LogP contribution >= 0.6 is 0 Å². The van der Waals surface area contributed by atoms with Crippen molar-refractivity contribution in [3.8, 4) is 5.75 Å². The second-order valence-electron chi connectivity index (χ2n) is 10.5. The van der Waals surface area contributed by atoms with E-state index < -0.39 is 51.6 Å². The highest BCUT2D eigenvalue weighted by molar-refractivity contribution is 7.92. The lowest BCUT2D eigenvalue weighted by Gasteiger charge is -2.33. The average Bonchev–Trinajstić information content (AvgIpc) is 2.91. The van der Waals surface area contributed by atoms with E-state index in [2.05, 4.69) is 5.32 Å². The van der Waals surface area contributed by atoms with Crippen LogP contribution in [0.15, 0.2) is 77.7 Å². The zero-order valence-corrected chi connectivity index (χ0v) is 24.5. The molecule has 1 N–H and O–H groups in total. The molecule has 0 aliphatic rings. The summed E-state index contributed by atoms with van der Waals surface area (Å²) in [6.45, 7) is 8.34. The Kier molecular flexibility index (Phi) is 10.1. The van der Waals surface area contributed by atoms with E-state index in [9.17, 15) is 26.8 Å². The maximum atomic E-state index is 13.9. The number of hydrogen-bond donors (Lipinski definition) is 1. The van der Waals surface area contributed by atoms with E-state index in [1.54, 1.807) is 27.7 Å². The number of nitrogens with one attached hydrogen (secondary N) is 1. The molecule has 0 aliphatic carbocycles. The molecule has 0 saturated heterocycles. The fraction of sp³-hybridized carbons (Fsp3) is 0.333.